The summed E-state index contributed by atoms with van der Waals surface area (Å²) in [7, 11) is 0. The van der Waals surface area contributed by atoms with Crippen LogP contribution in [0.5, 0.6) is 5.75 Å². The minimum Gasteiger partial charge on any atom is -0.406 e. The van der Waals surface area contributed by atoms with Crippen LogP contribution in [0, 0.1) is 5.92 Å². The Morgan fingerprint density at radius 3 is 2.36 bits per heavy atom. The Hall–Kier alpha value is -2.49. The third-order valence-electron chi connectivity index (χ3n) is 4.77. The van der Waals surface area contributed by atoms with E-state index in [-0.39, 0.29) is 23.6 Å². The van der Waals surface area contributed by atoms with Crippen LogP contribution in [-0.4, -0.2) is 55.5 Å². The molecule has 28 heavy (non-hydrogen) atoms. The van der Waals surface area contributed by atoms with Gasteiger partial charge in [0.15, 0.2) is 0 Å². The quantitative estimate of drug-likeness (QED) is 0.813. The fourth-order valence-electron chi connectivity index (χ4n) is 3.32. The van der Waals surface area contributed by atoms with Gasteiger partial charge in [-0.05, 0) is 43.5 Å². The highest BCUT2D eigenvalue weighted by Crippen LogP contribution is 2.24. The Morgan fingerprint density at radius 1 is 1.11 bits per heavy atom. The summed E-state index contributed by atoms with van der Waals surface area (Å²) < 4.78 is 45.5. The van der Waals surface area contributed by atoms with Gasteiger partial charge in [0.05, 0.1) is 12.5 Å². The zero-order valence-corrected chi connectivity index (χ0v) is 15.1. The fourth-order valence-corrected chi connectivity index (χ4v) is 3.32. The first-order chi connectivity index (χ1) is 13.3. The van der Waals surface area contributed by atoms with Gasteiger partial charge in [-0.3, -0.25) is 4.79 Å². The highest BCUT2D eigenvalue weighted by Gasteiger charge is 2.32. The number of piperidine rings is 1. The number of benzene rings is 1. The second-order valence-electron chi connectivity index (χ2n) is 6.83. The molecule has 1 atom stereocenters. The third-order valence-corrected chi connectivity index (χ3v) is 4.77. The Labute approximate surface area is 160 Å². The van der Waals surface area contributed by atoms with E-state index >= 15 is 0 Å². The molecular formula is C18H22F3N3O4. The number of alkyl halides is 3. The molecule has 2 heterocycles. The van der Waals surface area contributed by atoms with Crippen LogP contribution < -0.4 is 15.4 Å². The number of nitrogens with zero attached hydrogens (tertiary/aromatic N) is 1. The van der Waals surface area contributed by atoms with E-state index in [1.54, 1.807) is 0 Å². The van der Waals surface area contributed by atoms with Crippen molar-refractivity contribution in [3.63, 3.8) is 0 Å². The van der Waals surface area contributed by atoms with Gasteiger partial charge in [-0.25, -0.2) is 4.79 Å². The first-order valence-electron chi connectivity index (χ1n) is 9.10. The summed E-state index contributed by atoms with van der Waals surface area (Å²) in [5.41, 5.74) is 0.348. The third kappa shape index (κ3) is 5.75. The highest BCUT2D eigenvalue weighted by molar-refractivity contribution is 5.89. The Bertz CT molecular complexity index is 682. The van der Waals surface area contributed by atoms with E-state index in [1.165, 1.54) is 12.1 Å². The van der Waals surface area contributed by atoms with Crippen LogP contribution in [0.25, 0.3) is 0 Å². The van der Waals surface area contributed by atoms with Crippen LogP contribution in [0.1, 0.15) is 19.3 Å². The number of amides is 3. The van der Waals surface area contributed by atoms with E-state index in [4.69, 9.17) is 4.74 Å². The number of ether oxygens (including phenoxy) is 2. The van der Waals surface area contributed by atoms with E-state index in [9.17, 15) is 22.8 Å². The van der Waals surface area contributed by atoms with Crippen molar-refractivity contribution >= 4 is 17.6 Å². The van der Waals surface area contributed by atoms with E-state index in [2.05, 4.69) is 15.4 Å². The zero-order chi connectivity index (χ0) is 20.1. The maximum Gasteiger partial charge on any atom is 0.573 e. The van der Waals surface area contributed by atoms with Crippen molar-refractivity contribution in [2.45, 2.75) is 31.7 Å². The summed E-state index contributed by atoms with van der Waals surface area (Å²) in [5.74, 6) is -0.304. The number of rotatable bonds is 4. The zero-order valence-electron chi connectivity index (χ0n) is 15.1. The van der Waals surface area contributed by atoms with Crippen molar-refractivity contribution in [1.29, 1.82) is 0 Å². The first-order valence-corrected chi connectivity index (χ1v) is 9.10. The molecule has 2 saturated heterocycles. The number of hydrogen-bond acceptors (Lipinski definition) is 4. The SMILES string of the molecule is O=C(Nc1ccc(OC(F)(F)F)cc1)NC1CCN(C(=O)C2CCOC2)CC1. The smallest absolute Gasteiger partial charge is 0.406 e. The van der Waals surface area contributed by atoms with Gasteiger partial charge in [0, 0.05) is 31.4 Å². The normalized spacial score (nSPS) is 20.7. The van der Waals surface area contributed by atoms with Gasteiger partial charge in [0.1, 0.15) is 5.75 Å². The monoisotopic (exact) mass is 401 g/mol. The Balaban J connectivity index is 1.41. The standard InChI is InChI=1S/C18H22F3N3O4/c19-18(20,21)28-15-3-1-13(2-4-15)22-17(26)23-14-5-8-24(9-6-14)16(25)12-7-10-27-11-12/h1-4,12,14H,5-11H2,(H2,22,23,26). The fraction of sp³-hybridized carbons (Fsp3) is 0.556. The van der Waals surface area contributed by atoms with E-state index in [1.807, 2.05) is 4.90 Å². The van der Waals surface area contributed by atoms with Gasteiger partial charge in [-0.1, -0.05) is 0 Å². The maximum atomic E-state index is 12.4. The number of likely N-dealkylation sites (tertiary alicyclic amines) is 1. The molecule has 0 bridgehead atoms. The molecule has 154 valence electrons. The van der Waals surface area contributed by atoms with Crippen molar-refractivity contribution in [3.05, 3.63) is 24.3 Å². The van der Waals surface area contributed by atoms with Gasteiger partial charge in [-0.2, -0.15) is 0 Å². The van der Waals surface area contributed by atoms with Crippen molar-refractivity contribution < 1.29 is 32.2 Å². The molecule has 3 rings (SSSR count). The molecule has 1 unspecified atom stereocenters. The second-order valence-corrected chi connectivity index (χ2v) is 6.83. The van der Waals surface area contributed by atoms with Crippen LogP contribution in [0.15, 0.2) is 24.3 Å². The topological polar surface area (TPSA) is 79.9 Å². The van der Waals surface area contributed by atoms with Crippen LogP contribution >= 0.6 is 0 Å². The Morgan fingerprint density at radius 2 is 1.79 bits per heavy atom. The highest BCUT2D eigenvalue weighted by atomic mass is 19.4. The summed E-state index contributed by atoms with van der Waals surface area (Å²) in [6, 6.07) is 4.38. The van der Waals surface area contributed by atoms with Crippen molar-refractivity contribution in [3.8, 4) is 5.75 Å². The average molecular weight is 401 g/mol. The molecule has 0 spiro atoms. The molecule has 3 amide bonds. The molecule has 10 heteroatoms. The molecule has 2 aliphatic heterocycles. The van der Waals surface area contributed by atoms with Gasteiger partial charge < -0.3 is 25.0 Å². The predicted molar refractivity (Wildman–Crippen MR) is 93.8 cm³/mol. The second kappa shape index (κ2) is 8.68. The van der Waals surface area contributed by atoms with Gasteiger partial charge >= 0.3 is 12.4 Å². The van der Waals surface area contributed by atoms with Crippen LogP contribution in [-0.2, 0) is 9.53 Å². The molecule has 0 aromatic heterocycles. The van der Waals surface area contributed by atoms with Gasteiger partial charge in [0.25, 0.3) is 0 Å². The van der Waals surface area contributed by atoms with Crippen molar-refractivity contribution in [2.24, 2.45) is 5.92 Å². The van der Waals surface area contributed by atoms with E-state index in [0.717, 1.165) is 18.6 Å². The van der Waals surface area contributed by atoms with E-state index < -0.39 is 12.4 Å². The van der Waals surface area contributed by atoms with Crippen LogP contribution in [0.4, 0.5) is 23.7 Å². The number of nitrogens with one attached hydrogen (secondary N) is 2. The number of halogens is 3. The number of carbonyl (C=O) groups excluding carboxylic acids is 2. The lowest BCUT2D eigenvalue weighted by Crippen LogP contribution is -2.49. The summed E-state index contributed by atoms with van der Waals surface area (Å²) in [4.78, 5) is 26.3. The molecule has 1 aromatic rings. The molecule has 0 aliphatic carbocycles. The van der Waals surface area contributed by atoms with Gasteiger partial charge in [-0.15, -0.1) is 13.2 Å². The van der Waals surface area contributed by atoms with E-state index in [0.29, 0.717) is 44.8 Å². The predicted octanol–water partition coefficient (Wildman–Crippen LogP) is 2.73. The number of urea groups is 1. The minimum absolute atomic E-state index is 0.0582. The molecule has 7 nitrogen and oxygen atoms in total. The molecule has 0 radical (unpaired) electrons. The summed E-state index contributed by atoms with van der Waals surface area (Å²) in [5, 5.41) is 5.40. The van der Waals surface area contributed by atoms with Crippen LogP contribution in [0.3, 0.4) is 0 Å². The summed E-state index contributed by atoms with van der Waals surface area (Å²) >= 11 is 0. The Kier molecular flexibility index (Phi) is 6.28. The minimum atomic E-state index is -4.76. The van der Waals surface area contributed by atoms with Crippen molar-refractivity contribution in [1.82, 2.24) is 10.2 Å². The average Bonchev–Trinajstić information content (AvgIpc) is 3.17. The maximum absolute atomic E-state index is 12.4. The first kappa shape index (κ1) is 20.2. The van der Waals surface area contributed by atoms with Crippen LogP contribution in [0.2, 0.25) is 0 Å². The largest absolute Gasteiger partial charge is 0.573 e. The summed E-state index contributed by atoms with van der Waals surface area (Å²) in [6.07, 6.45) is -2.71. The number of anilines is 1. The van der Waals surface area contributed by atoms with Crippen molar-refractivity contribution in [2.75, 3.05) is 31.6 Å². The lowest BCUT2D eigenvalue weighted by atomic mass is 10.0. The molecular weight excluding hydrogens is 379 g/mol. The number of carbonyl (C=O) groups is 2. The molecule has 2 aliphatic rings. The molecule has 1 aromatic carbocycles. The lowest BCUT2D eigenvalue weighted by molar-refractivity contribution is -0.274. The lowest BCUT2D eigenvalue weighted by Gasteiger charge is -2.33. The molecule has 2 fully saturated rings. The molecule has 2 N–H and O–H groups in total. The van der Waals surface area contributed by atoms with Gasteiger partial charge in [0.2, 0.25) is 5.91 Å². The summed E-state index contributed by atoms with van der Waals surface area (Å²) in [6.45, 7) is 2.25. The molecule has 0 saturated carbocycles. The number of hydrogen-bond donors (Lipinski definition) is 2.